The smallest absolute Gasteiger partial charge is 0.264 e. The highest BCUT2D eigenvalue weighted by Crippen LogP contribution is 2.45. The average Bonchev–Trinajstić information content (AvgIpc) is 3.06. The van der Waals surface area contributed by atoms with Gasteiger partial charge in [-0.3, -0.25) is 4.79 Å². The molecule has 0 radical (unpaired) electrons. The van der Waals surface area contributed by atoms with Crippen molar-refractivity contribution < 1.29 is 22.7 Å². The molecule has 0 saturated carbocycles. The van der Waals surface area contributed by atoms with Gasteiger partial charge in [-0.05, 0) is 132 Å². The fourth-order valence-corrected chi connectivity index (χ4v) is 8.42. The number of nitrogens with zero attached hydrogens (tertiary/aromatic N) is 2. The maximum Gasteiger partial charge on any atom is 0.264 e. The Morgan fingerprint density at radius 1 is 0.849 bits per heavy atom. The molecule has 292 valence electrons. The number of amides is 1. The molecular weight excluding hydrogens is 685 g/mol. The molecule has 0 saturated heterocycles. The van der Waals surface area contributed by atoms with Crippen LogP contribution in [0.15, 0.2) is 35.2 Å². The molecule has 0 unspecified atom stereocenters. The summed E-state index contributed by atoms with van der Waals surface area (Å²) in [5, 5.41) is 2.81. The van der Waals surface area contributed by atoms with Gasteiger partial charge < -0.3 is 14.8 Å². The molecule has 2 heterocycles. The van der Waals surface area contributed by atoms with Crippen LogP contribution in [0.1, 0.15) is 132 Å². The van der Waals surface area contributed by atoms with Crippen molar-refractivity contribution in [1.29, 1.82) is 0 Å². The monoisotopic (exact) mass is 748 g/mol. The quantitative estimate of drug-likeness (QED) is 0.125. The number of fused-ring (bicyclic) bond motifs is 1. The highest BCUT2D eigenvalue weighted by atomic mass is 32.2. The fraction of sp³-hybridized carbons (Fsp3) is 0.605. The van der Waals surface area contributed by atoms with Gasteiger partial charge in [0.25, 0.3) is 15.9 Å². The first-order valence-electron chi connectivity index (χ1n) is 19.7. The lowest BCUT2D eigenvalue weighted by atomic mass is 9.83. The van der Waals surface area contributed by atoms with Crippen LogP contribution in [0.3, 0.4) is 0 Å². The Balaban J connectivity index is 1.27. The minimum Gasteiger partial charge on any atom is -0.487 e. The third-order valence-corrected chi connectivity index (χ3v) is 12.2. The molecule has 2 N–H and O–H groups in total. The molecule has 1 aliphatic rings. The second-order valence-electron chi connectivity index (χ2n) is 16.4. The van der Waals surface area contributed by atoms with Gasteiger partial charge in [0.05, 0.1) is 4.90 Å². The number of carbonyl (C=O) groups is 1. The molecule has 9 nitrogen and oxygen atoms in total. The predicted molar refractivity (Wildman–Crippen MR) is 216 cm³/mol. The standard InChI is InChI=1S/C43H64N4O5S/c1-28(2)14-11-15-29(3)16-12-17-30(4)18-13-24-43(10)25-23-38-35(9)40(33(7)34(8)41(38)52-43)51-27-39(48)46-36-19-21-37(22-20-36)53(49,50)47-42-44-31(5)26-32(6)45-42/h19-22,26,28-30H,11-18,23-25,27H2,1-10H3,(H,46,48)(H,44,45,47)/t29-,30-,43-/m1/s1. The summed E-state index contributed by atoms with van der Waals surface area (Å²) in [6, 6.07) is 7.70. The normalized spacial score (nSPS) is 16.8. The van der Waals surface area contributed by atoms with Gasteiger partial charge in [-0.2, -0.15) is 0 Å². The first-order valence-corrected chi connectivity index (χ1v) is 21.1. The molecule has 2 aromatic carbocycles. The Kier molecular flexibility index (Phi) is 14.8. The van der Waals surface area contributed by atoms with E-state index in [1.54, 1.807) is 32.0 Å². The molecule has 53 heavy (non-hydrogen) atoms. The molecule has 0 aliphatic carbocycles. The van der Waals surface area contributed by atoms with Crippen molar-refractivity contribution in [2.75, 3.05) is 16.6 Å². The van der Waals surface area contributed by atoms with Gasteiger partial charge in [-0.25, -0.2) is 23.1 Å². The number of hydrogen-bond acceptors (Lipinski definition) is 7. The van der Waals surface area contributed by atoms with Crippen LogP contribution in [-0.4, -0.2) is 36.5 Å². The van der Waals surface area contributed by atoms with E-state index in [9.17, 15) is 13.2 Å². The van der Waals surface area contributed by atoms with Gasteiger partial charge in [0.15, 0.2) is 6.61 Å². The summed E-state index contributed by atoms with van der Waals surface area (Å²) in [5.41, 5.74) is 5.79. The Labute approximate surface area is 319 Å². The Bertz CT molecular complexity index is 1790. The minimum absolute atomic E-state index is 0.0134. The van der Waals surface area contributed by atoms with E-state index in [-0.39, 0.29) is 29.0 Å². The number of benzene rings is 2. The number of rotatable bonds is 19. The van der Waals surface area contributed by atoms with Crippen molar-refractivity contribution in [3.8, 4) is 11.5 Å². The van der Waals surface area contributed by atoms with E-state index in [0.717, 1.165) is 65.0 Å². The van der Waals surface area contributed by atoms with Gasteiger partial charge in [-0.1, -0.05) is 72.6 Å². The third-order valence-electron chi connectivity index (χ3n) is 10.8. The van der Waals surface area contributed by atoms with E-state index in [1.807, 2.05) is 13.8 Å². The van der Waals surface area contributed by atoms with Crippen LogP contribution in [0.2, 0.25) is 0 Å². The van der Waals surface area contributed by atoms with E-state index in [1.165, 1.54) is 63.5 Å². The topological polar surface area (TPSA) is 120 Å². The summed E-state index contributed by atoms with van der Waals surface area (Å²) in [6.45, 7) is 21.2. The van der Waals surface area contributed by atoms with Gasteiger partial charge in [-0.15, -0.1) is 0 Å². The van der Waals surface area contributed by atoms with Crippen LogP contribution in [0, 0.1) is 52.4 Å². The Morgan fingerprint density at radius 3 is 2.04 bits per heavy atom. The number of aromatic nitrogens is 2. The maximum absolute atomic E-state index is 12.9. The van der Waals surface area contributed by atoms with Crippen LogP contribution in [0.4, 0.5) is 11.6 Å². The molecule has 1 aromatic heterocycles. The van der Waals surface area contributed by atoms with Crippen molar-refractivity contribution in [2.24, 2.45) is 17.8 Å². The second-order valence-corrected chi connectivity index (χ2v) is 18.0. The third kappa shape index (κ3) is 12.2. The SMILES string of the molecule is Cc1cc(C)nc(NS(=O)(=O)c2ccc(NC(=O)COc3c(C)c(C)c4c(c3C)CC[C@@](C)(CCC[C@H](C)CCC[C@H](C)CCCC(C)C)O4)cc2)n1. The molecule has 0 bridgehead atoms. The zero-order valence-electron chi connectivity index (χ0n) is 33.9. The summed E-state index contributed by atoms with van der Waals surface area (Å²) in [4.78, 5) is 21.3. The number of ether oxygens (including phenoxy) is 2. The van der Waals surface area contributed by atoms with Gasteiger partial charge in [0, 0.05) is 22.6 Å². The minimum atomic E-state index is -3.91. The van der Waals surface area contributed by atoms with Crippen LogP contribution >= 0.6 is 0 Å². The molecule has 1 aliphatic heterocycles. The molecule has 10 heteroatoms. The first kappa shape index (κ1) is 42.1. The molecule has 0 fully saturated rings. The van der Waals surface area contributed by atoms with Crippen molar-refractivity contribution in [1.82, 2.24) is 9.97 Å². The molecule has 0 spiro atoms. The number of anilines is 2. The summed E-state index contributed by atoms with van der Waals surface area (Å²) in [6.07, 6.45) is 13.4. The summed E-state index contributed by atoms with van der Waals surface area (Å²) in [7, 11) is -3.91. The van der Waals surface area contributed by atoms with Gasteiger partial charge in [0.1, 0.15) is 17.1 Å². The Morgan fingerprint density at radius 2 is 1.43 bits per heavy atom. The number of nitrogens with one attached hydrogen (secondary N) is 2. The number of carbonyl (C=O) groups excluding carboxylic acids is 1. The zero-order valence-corrected chi connectivity index (χ0v) is 34.8. The molecule has 3 aromatic rings. The maximum atomic E-state index is 12.9. The van der Waals surface area contributed by atoms with E-state index in [4.69, 9.17) is 9.47 Å². The number of sulfonamides is 1. The lowest BCUT2D eigenvalue weighted by Crippen LogP contribution is -2.37. The molecule has 1 amide bonds. The van der Waals surface area contributed by atoms with Crippen molar-refractivity contribution >= 4 is 27.6 Å². The van der Waals surface area contributed by atoms with E-state index < -0.39 is 10.0 Å². The van der Waals surface area contributed by atoms with Crippen molar-refractivity contribution in [3.63, 3.8) is 0 Å². The average molecular weight is 749 g/mol. The molecule has 4 rings (SSSR count). The predicted octanol–water partition coefficient (Wildman–Crippen LogP) is 10.4. The zero-order chi connectivity index (χ0) is 38.9. The fourth-order valence-electron chi connectivity index (χ4n) is 7.48. The second kappa shape index (κ2) is 18.6. The van der Waals surface area contributed by atoms with Crippen LogP contribution < -0.4 is 19.5 Å². The highest BCUT2D eigenvalue weighted by molar-refractivity contribution is 7.92. The van der Waals surface area contributed by atoms with Crippen molar-refractivity contribution in [3.05, 3.63) is 64.0 Å². The summed E-state index contributed by atoms with van der Waals surface area (Å²) < 4.78 is 41.2. The molecule has 3 atom stereocenters. The number of aryl methyl sites for hydroxylation is 2. The van der Waals surface area contributed by atoms with E-state index in [0.29, 0.717) is 22.8 Å². The van der Waals surface area contributed by atoms with Gasteiger partial charge >= 0.3 is 0 Å². The summed E-state index contributed by atoms with van der Waals surface area (Å²) in [5.74, 6) is 3.74. The molecular formula is C43H64N4O5S. The largest absolute Gasteiger partial charge is 0.487 e. The van der Waals surface area contributed by atoms with Gasteiger partial charge in [0.2, 0.25) is 5.95 Å². The Hall–Kier alpha value is -3.66. The van der Waals surface area contributed by atoms with E-state index >= 15 is 0 Å². The number of hydrogen-bond donors (Lipinski definition) is 2. The van der Waals surface area contributed by atoms with Crippen LogP contribution in [0.25, 0.3) is 0 Å². The van der Waals surface area contributed by atoms with Crippen molar-refractivity contribution in [2.45, 2.75) is 150 Å². The van der Waals surface area contributed by atoms with E-state index in [2.05, 4.69) is 61.5 Å². The summed E-state index contributed by atoms with van der Waals surface area (Å²) >= 11 is 0. The van der Waals surface area contributed by atoms with Crippen LogP contribution in [-0.2, 0) is 21.2 Å². The lowest BCUT2D eigenvalue weighted by molar-refractivity contribution is -0.118. The van der Waals surface area contributed by atoms with Crippen LogP contribution in [0.5, 0.6) is 11.5 Å². The first-order chi connectivity index (χ1) is 25.0. The lowest BCUT2D eigenvalue weighted by Gasteiger charge is -2.38. The highest BCUT2D eigenvalue weighted by Gasteiger charge is 2.34.